The highest BCUT2D eigenvalue weighted by Crippen LogP contribution is 2.28. The van der Waals surface area contributed by atoms with Crippen LogP contribution in [0, 0.1) is 0 Å². The number of aromatic nitrogens is 5. The number of anilines is 4. The SMILES string of the molecule is CCC(=O)Nc1ccc(Sc2nc(NCCN(C)C)nc(Nc3nncs3)n2)cc1. The Morgan fingerprint density at radius 1 is 1.13 bits per heavy atom. The lowest BCUT2D eigenvalue weighted by molar-refractivity contribution is -0.115. The molecule has 0 saturated heterocycles. The van der Waals surface area contributed by atoms with Crippen LogP contribution in [0.4, 0.5) is 22.7 Å². The molecule has 0 fully saturated rings. The highest BCUT2D eigenvalue weighted by Gasteiger charge is 2.10. The summed E-state index contributed by atoms with van der Waals surface area (Å²) in [6.45, 7) is 3.36. The first kappa shape index (κ1) is 21.9. The highest BCUT2D eigenvalue weighted by atomic mass is 32.2. The Bertz CT molecular complexity index is 949. The average Bonchev–Trinajstić information content (AvgIpc) is 3.22. The van der Waals surface area contributed by atoms with Crippen LogP contribution < -0.4 is 16.0 Å². The molecule has 0 saturated carbocycles. The number of nitrogens with zero attached hydrogens (tertiary/aromatic N) is 6. The number of hydrogen-bond acceptors (Lipinski definition) is 11. The van der Waals surface area contributed by atoms with E-state index in [1.807, 2.05) is 45.3 Å². The van der Waals surface area contributed by atoms with E-state index < -0.39 is 0 Å². The van der Waals surface area contributed by atoms with E-state index in [4.69, 9.17) is 0 Å². The summed E-state index contributed by atoms with van der Waals surface area (Å²) in [6.07, 6.45) is 0.440. The van der Waals surface area contributed by atoms with Crippen molar-refractivity contribution in [3.05, 3.63) is 29.8 Å². The maximum atomic E-state index is 11.5. The zero-order valence-electron chi connectivity index (χ0n) is 16.9. The summed E-state index contributed by atoms with van der Waals surface area (Å²) in [5.74, 6) is 0.852. The zero-order chi connectivity index (χ0) is 21.3. The molecule has 0 unspecified atom stereocenters. The first-order chi connectivity index (χ1) is 14.5. The van der Waals surface area contributed by atoms with Crippen molar-refractivity contribution in [2.24, 2.45) is 0 Å². The number of benzene rings is 1. The smallest absolute Gasteiger partial charge is 0.234 e. The van der Waals surface area contributed by atoms with Gasteiger partial charge in [-0.2, -0.15) is 15.0 Å². The molecule has 1 aromatic carbocycles. The van der Waals surface area contributed by atoms with Crippen molar-refractivity contribution in [2.75, 3.05) is 43.1 Å². The van der Waals surface area contributed by atoms with Gasteiger partial charge in [0.2, 0.25) is 22.9 Å². The number of hydrogen-bond donors (Lipinski definition) is 3. The predicted molar refractivity (Wildman–Crippen MR) is 120 cm³/mol. The minimum absolute atomic E-state index is 0.0197. The quantitative estimate of drug-likeness (QED) is 0.429. The fourth-order valence-corrected chi connectivity index (χ4v) is 3.40. The Labute approximate surface area is 183 Å². The van der Waals surface area contributed by atoms with Crippen molar-refractivity contribution < 1.29 is 4.79 Å². The molecule has 3 rings (SSSR count). The lowest BCUT2D eigenvalue weighted by Crippen LogP contribution is -2.21. The normalized spacial score (nSPS) is 10.8. The van der Waals surface area contributed by atoms with Crippen molar-refractivity contribution in [2.45, 2.75) is 23.4 Å². The Morgan fingerprint density at radius 2 is 1.90 bits per heavy atom. The molecule has 0 aliphatic rings. The van der Waals surface area contributed by atoms with Crippen LogP contribution in [0.3, 0.4) is 0 Å². The van der Waals surface area contributed by atoms with E-state index in [0.717, 1.165) is 17.1 Å². The number of nitrogens with one attached hydrogen (secondary N) is 3. The molecule has 2 aromatic heterocycles. The molecule has 0 spiro atoms. The van der Waals surface area contributed by atoms with Crippen molar-refractivity contribution in [1.29, 1.82) is 0 Å². The third-order valence-corrected chi connectivity index (χ3v) is 5.18. The van der Waals surface area contributed by atoms with Crippen molar-refractivity contribution in [3.8, 4) is 0 Å². The summed E-state index contributed by atoms with van der Waals surface area (Å²) in [5.41, 5.74) is 2.39. The van der Waals surface area contributed by atoms with E-state index >= 15 is 0 Å². The fourth-order valence-electron chi connectivity index (χ4n) is 2.21. The third-order valence-electron chi connectivity index (χ3n) is 3.70. The molecular weight excluding hydrogens is 422 g/mol. The Morgan fingerprint density at radius 3 is 2.57 bits per heavy atom. The predicted octanol–water partition coefficient (Wildman–Crippen LogP) is 2.94. The number of carbonyl (C=O) groups is 1. The van der Waals surface area contributed by atoms with Gasteiger partial charge in [0.1, 0.15) is 5.51 Å². The van der Waals surface area contributed by atoms with Crippen molar-refractivity contribution in [3.63, 3.8) is 0 Å². The second kappa shape index (κ2) is 10.8. The monoisotopic (exact) mass is 445 g/mol. The Balaban J connectivity index is 1.75. The Kier molecular flexibility index (Phi) is 7.88. The van der Waals surface area contributed by atoms with Crippen LogP contribution in [0.2, 0.25) is 0 Å². The molecule has 0 bridgehead atoms. The molecule has 0 radical (unpaired) electrons. The lowest BCUT2D eigenvalue weighted by atomic mass is 10.3. The van der Waals surface area contributed by atoms with Crippen LogP contribution in [0.1, 0.15) is 13.3 Å². The largest absolute Gasteiger partial charge is 0.353 e. The molecule has 2 heterocycles. The van der Waals surface area contributed by atoms with Gasteiger partial charge in [-0.25, -0.2) is 0 Å². The van der Waals surface area contributed by atoms with Gasteiger partial charge in [0.25, 0.3) is 0 Å². The third kappa shape index (κ3) is 6.90. The summed E-state index contributed by atoms with van der Waals surface area (Å²) < 4.78 is 0. The van der Waals surface area contributed by atoms with Gasteiger partial charge in [0.15, 0.2) is 5.16 Å². The molecule has 3 aromatic rings. The minimum atomic E-state index is -0.0197. The van der Waals surface area contributed by atoms with Gasteiger partial charge in [-0.3, -0.25) is 10.1 Å². The first-order valence-corrected chi connectivity index (χ1v) is 11.0. The summed E-state index contributed by atoms with van der Waals surface area (Å²) in [6, 6.07) is 7.54. The minimum Gasteiger partial charge on any atom is -0.353 e. The standard InChI is InChI=1S/C18H23N9OS2/c1-4-14(28)21-12-5-7-13(8-6-12)30-17-23-15(19-9-10-27(2)3)22-16(24-17)25-18-26-20-11-29-18/h5-8,11H,4,9-10H2,1-3H3,(H,21,28)(H2,19,22,23,24,25,26). The van der Waals surface area contributed by atoms with E-state index in [9.17, 15) is 4.79 Å². The second-order valence-corrected chi connectivity index (χ2v) is 8.27. The zero-order valence-corrected chi connectivity index (χ0v) is 18.5. The summed E-state index contributed by atoms with van der Waals surface area (Å²) in [4.78, 5) is 27.9. The molecule has 0 aliphatic carbocycles. The van der Waals surface area contributed by atoms with E-state index in [-0.39, 0.29) is 5.91 Å². The van der Waals surface area contributed by atoms with Gasteiger partial charge in [0.05, 0.1) is 0 Å². The number of carbonyl (C=O) groups excluding carboxylic acids is 1. The van der Waals surface area contributed by atoms with Crippen LogP contribution in [0.5, 0.6) is 0 Å². The van der Waals surface area contributed by atoms with Crippen LogP contribution in [-0.4, -0.2) is 63.1 Å². The topological polar surface area (TPSA) is 121 Å². The summed E-state index contributed by atoms with van der Waals surface area (Å²) >= 11 is 2.76. The van der Waals surface area contributed by atoms with Crippen LogP contribution in [0.15, 0.2) is 39.8 Å². The van der Waals surface area contributed by atoms with Gasteiger partial charge in [-0.05, 0) is 50.1 Å². The molecule has 0 atom stereocenters. The van der Waals surface area contributed by atoms with Crippen LogP contribution in [-0.2, 0) is 4.79 Å². The summed E-state index contributed by atoms with van der Waals surface area (Å²) in [5, 5.41) is 18.0. The average molecular weight is 446 g/mol. The molecular formula is C18H23N9OS2. The van der Waals surface area contributed by atoms with Gasteiger partial charge in [0, 0.05) is 30.1 Å². The number of amides is 1. The maximum Gasteiger partial charge on any atom is 0.234 e. The molecule has 1 amide bonds. The van der Waals surface area contributed by atoms with Crippen molar-refractivity contribution >= 4 is 51.7 Å². The molecule has 158 valence electrons. The number of likely N-dealkylation sites (N-methyl/N-ethyl adjacent to an activating group) is 1. The molecule has 10 nitrogen and oxygen atoms in total. The molecule has 3 N–H and O–H groups in total. The van der Waals surface area contributed by atoms with Gasteiger partial charge < -0.3 is 15.5 Å². The van der Waals surface area contributed by atoms with E-state index in [1.165, 1.54) is 23.1 Å². The molecule has 12 heteroatoms. The van der Waals surface area contributed by atoms with Gasteiger partial charge >= 0.3 is 0 Å². The van der Waals surface area contributed by atoms with Crippen molar-refractivity contribution in [1.82, 2.24) is 30.0 Å². The van der Waals surface area contributed by atoms with Gasteiger partial charge in [-0.15, -0.1) is 10.2 Å². The Hall–Kier alpha value is -2.83. The lowest BCUT2D eigenvalue weighted by Gasteiger charge is -2.12. The highest BCUT2D eigenvalue weighted by molar-refractivity contribution is 7.99. The molecule has 30 heavy (non-hydrogen) atoms. The first-order valence-electron chi connectivity index (χ1n) is 9.27. The second-order valence-electron chi connectivity index (χ2n) is 6.39. The maximum absolute atomic E-state index is 11.5. The number of rotatable bonds is 10. The van der Waals surface area contributed by atoms with E-state index in [2.05, 4.69) is 46.0 Å². The van der Waals surface area contributed by atoms with Crippen LogP contribution >= 0.6 is 23.1 Å². The fraction of sp³-hybridized carbons (Fsp3) is 0.333. The summed E-state index contributed by atoms with van der Waals surface area (Å²) in [7, 11) is 4.01. The van der Waals surface area contributed by atoms with Crippen LogP contribution in [0.25, 0.3) is 0 Å². The molecule has 0 aliphatic heterocycles. The van der Waals surface area contributed by atoms with E-state index in [1.54, 1.807) is 5.51 Å². The van der Waals surface area contributed by atoms with E-state index in [0.29, 0.717) is 35.2 Å². The van der Waals surface area contributed by atoms with Gasteiger partial charge in [-0.1, -0.05) is 18.3 Å².